The Bertz CT molecular complexity index is 1230. The molecule has 5 rings (SSSR count). The van der Waals surface area contributed by atoms with Gasteiger partial charge in [0.15, 0.2) is 0 Å². The molecule has 0 unspecified atom stereocenters. The Labute approximate surface area is 236 Å². The van der Waals surface area contributed by atoms with E-state index in [4.69, 9.17) is 18.6 Å². The van der Waals surface area contributed by atoms with Crippen molar-refractivity contribution < 1.29 is 37.8 Å². The Balaban J connectivity index is 1.65. The molecule has 218 valence electrons. The molecule has 0 amide bonds. The molecule has 1 aromatic heterocycles. The Morgan fingerprint density at radius 3 is 2.50 bits per heavy atom. The van der Waals surface area contributed by atoms with Gasteiger partial charge >= 0.3 is 17.9 Å². The summed E-state index contributed by atoms with van der Waals surface area (Å²) in [6, 6.07) is 1.84. The number of carbonyl (C=O) groups is 4. The summed E-state index contributed by atoms with van der Waals surface area (Å²) in [5.74, 6) is -2.73. The van der Waals surface area contributed by atoms with Crippen molar-refractivity contribution in [1.82, 2.24) is 0 Å². The van der Waals surface area contributed by atoms with Crippen molar-refractivity contribution in [3.8, 4) is 0 Å². The van der Waals surface area contributed by atoms with Crippen molar-refractivity contribution in [3.63, 3.8) is 0 Å². The first-order valence-corrected chi connectivity index (χ1v) is 14.5. The molecule has 8 nitrogen and oxygen atoms in total. The normalized spacial score (nSPS) is 38.7. The summed E-state index contributed by atoms with van der Waals surface area (Å²) in [4.78, 5) is 53.4. The lowest BCUT2D eigenvalue weighted by Crippen LogP contribution is -2.66. The number of hydrogen-bond donors (Lipinski definition) is 0. The Morgan fingerprint density at radius 2 is 1.88 bits per heavy atom. The van der Waals surface area contributed by atoms with Gasteiger partial charge in [-0.3, -0.25) is 19.2 Å². The van der Waals surface area contributed by atoms with E-state index in [1.165, 1.54) is 7.11 Å². The molecular formula is C32H42O8. The number of ether oxygens (including phenoxy) is 3. The van der Waals surface area contributed by atoms with Gasteiger partial charge in [-0.2, -0.15) is 0 Å². The first-order valence-electron chi connectivity index (χ1n) is 14.5. The van der Waals surface area contributed by atoms with Crippen LogP contribution in [0.3, 0.4) is 0 Å². The molecule has 9 atom stereocenters. The van der Waals surface area contributed by atoms with Crippen LogP contribution in [0.15, 0.2) is 34.7 Å². The summed E-state index contributed by atoms with van der Waals surface area (Å²) in [6.45, 7) is 11.9. The monoisotopic (exact) mass is 554 g/mol. The minimum Gasteiger partial charge on any atom is -0.472 e. The van der Waals surface area contributed by atoms with E-state index in [0.717, 1.165) is 17.6 Å². The lowest BCUT2D eigenvalue weighted by atomic mass is 9.40. The number of methoxy groups -OCH3 is 1. The number of rotatable bonds is 6. The molecule has 8 heteroatoms. The Hall–Kier alpha value is -2.90. The maximum absolute atomic E-state index is 14.4. The van der Waals surface area contributed by atoms with Gasteiger partial charge in [-0.1, -0.05) is 53.2 Å². The van der Waals surface area contributed by atoms with Gasteiger partial charge in [-0.05, 0) is 43.1 Å². The van der Waals surface area contributed by atoms with E-state index < -0.39 is 46.3 Å². The van der Waals surface area contributed by atoms with E-state index in [2.05, 4.69) is 6.92 Å². The number of esters is 3. The highest BCUT2D eigenvalue weighted by molar-refractivity contribution is 5.93. The standard InChI is InChI=1S/C32H42O8/c1-8-17(2)29(36)40-28-20-13-19-21(32(6,26(20)35)23(30(28,3)4)15-24(33)37-7)9-11-31(5)22(19)14-25(34)39-27(31)18-10-12-38-16-18/h10,12-13,16-17,20-23,27-28H,8-9,11,14-15H2,1-7H3/t17-,20-,21+,22-,23+,27+,28-,31-,32-/m1/s1. The van der Waals surface area contributed by atoms with Crippen molar-refractivity contribution in [1.29, 1.82) is 0 Å². The zero-order valence-corrected chi connectivity index (χ0v) is 24.7. The summed E-state index contributed by atoms with van der Waals surface area (Å²) >= 11 is 0. The average Bonchev–Trinajstić information content (AvgIpc) is 3.45. The number of cyclic esters (lactones) is 1. The molecule has 3 fully saturated rings. The third-order valence-electron chi connectivity index (χ3n) is 11.1. The number of allylic oxidation sites excluding steroid dienone is 1. The van der Waals surface area contributed by atoms with Crippen molar-refractivity contribution in [2.45, 2.75) is 85.9 Å². The zero-order valence-electron chi connectivity index (χ0n) is 24.7. The number of ketones is 1. The van der Waals surface area contributed by atoms with Gasteiger partial charge in [0.2, 0.25) is 0 Å². The molecule has 0 N–H and O–H groups in total. The second kappa shape index (κ2) is 9.88. The summed E-state index contributed by atoms with van der Waals surface area (Å²) in [7, 11) is 1.35. The van der Waals surface area contributed by atoms with Gasteiger partial charge in [0.1, 0.15) is 18.0 Å². The van der Waals surface area contributed by atoms with E-state index >= 15 is 0 Å². The first-order chi connectivity index (χ1) is 18.8. The van der Waals surface area contributed by atoms with Crippen LogP contribution in [-0.2, 0) is 33.4 Å². The summed E-state index contributed by atoms with van der Waals surface area (Å²) < 4.78 is 22.6. The SMILES string of the molecule is CC[C@@H](C)C(=O)O[C@@H]1[C@@H]2C=C3[C@H]4CC(=O)O[C@@H](c5ccoc5)[C@]4(C)CC[C@@H]3[C@@](C)(C2=O)[C@@H](CC(=O)OC)C1(C)C. The largest absolute Gasteiger partial charge is 0.472 e. The minimum absolute atomic E-state index is 0.00445. The molecule has 2 saturated carbocycles. The quantitative estimate of drug-likeness (QED) is 0.254. The molecule has 3 aliphatic carbocycles. The topological polar surface area (TPSA) is 109 Å². The van der Waals surface area contributed by atoms with Crippen LogP contribution in [0.4, 0.5) is 0 Å². The minimum atomic E-state index is -0.889. The molecule has 1 aliphatic heterocycles. The average molecular weight is 555 g/mol. The van der Waals surface area contributed by atoms with E-state index in [1.54, 1.807) is 12.5 Å². The number of carbonyl (C=O) groups excluding carboxylic acids is 4. The van der Waals surface area contributed by atoms with Crippen molar-refractivity contribution >= 4 is 23.7 Å². The van der Waals surface area contributed by atoms with Crippen molar-refractivity contribution in [2.24, 2.45) is 45.8 Å². The van der Waals surface area contributed by atoms with Gasteiger partial charge < -0.3 is 18.6 Å². The number of Topliss-reactive ketones (excluding diaryl/α,β-unsaturated/α-hetero) is 1. The van der Waals surface area contributed by atoms with Gasteiger partial charge in [-0.25, -0.2) is 0 Å². The molecule has 40 heavy (non-hydrogen) atoms. The molecule has 1 saturated heterocycles. The Kier molecular flexibility index (Phi) is 7.07. The van der Waals surface area contributed by atoms with Crippen molar-refractivity contribution in [3.05, 3.63) is 35.8 Å². The first kappa shape index (κ1) is 28.6. The number of furan rings is 1. The highest BCUT2D eigenvalue weighted by Gasteiger charge is 2.69. The maximum atomic E-state index is 14.4. The van der Waals surface area contributed by atoms with Crippen LogP contribution in [-0.4, -0.2) is 36.9 Å². The second-order valence-corrected chi connectivity index (χ2v) is 13.4. The van der Waals surface area contributed by atoms with Gasteiger partial charge in [0.05, 0.1) is 37.9 Å². The highest BCUT2D eigenvalue weighted by atomic mass is 16.6. The van der Waals surface area contributed by atoms with Gasteiger partial charge in [-0.15, -0.1) is 0 Å². The lowest BCUT2D eigenvalue weighted by molar-refractivity contribution is -0.198. The molecule has 1 aromatic rings. The summed E-state index contributed by atoms with van der Waals surface area (Å²) in [5.41, 5.74) is -0.0944. The third-order valence-corrected chi connectivity index (χ3v) is 11.1. The summed E-state index contributed by atoms with van der Waals surface area (Å²) in [5, 5.41) is 0. The smallest absolute Gasteiger partial charge is 0.308 e. The summed E-state index contributed by atoms with van der Waals surface area (Å²) in [6.07, 6.45) is 6.36. The molecule has 2 bridgehead atoms. The third kappa shape index (κ3) is 4.07. The lowest BCUT2D eigenvalue weighted by Gasteiger charge is -2.63. The maximum Gasteiger partial charge on any atom is 0.308 e. The van der Waals surface area contributed by atoms with Crippen LogP contribution in [0.1, 0.15) is 85.3 Å². The zero-order chi connectivity index (χ0) is 29.2. The predicted octanol–water partition coefficient (Wildman–Crippen LogP) is 5.61. The molecule has 4 aliphatic rings. The Morgan fingerprint density at radius 1 is 1.15 bits per heavy atom. The molecule has 0 aromatic carbocycles. The van der Waals surface area contributed by atoms with Crippen LogP contribution in [0.5, 0.6) is 0 Å². The van der Waals surface area contributed by atoms with E-state index in [1.807, 2.05) is 46.8 Å². The van der Waals surface area contributed by atoms with Gasteiger partial charge in [0.25, 0.3) is 0 Å². The second-order valence-electron chi connectivity index (χ2n) is 13.4. The fourth-order valence-corrected chi connectivity index (χ4v) is 8.56. The number of hydrogen-bond acceptors (Lipinski definition) is 8. The fourth-order valence-electron chi connectivity index (χ4n) is 8.56. The fraction of sp³-hybridized carbons (Fsp3) is 0.688. The van der Waals surface area contributed by atoms with Crippen LogP contribution >= 0.6 is 0 Å². The van der Waals surface area contributed by atoms with E-state index in [-0.39, 0.29) is 48.3 Å². The molecule has 0 spiro atoms. The van der Waals surface area contributed by atoms with Crippen LogP contribution in [0.2, 0.25) is 0 Å². The van der Waals surface area contributed by atoms with Crippen LogP contribution in [0, 0.1) is 45.8 Å². The number of fused-ring (bicyclic) bond motifs is 6. The van der Waals surface area contributed by atoms with E-state index in [0.29, 0.717) is 12.8 Å². The van der Waals surface area contributed by atoms with Crippen LogP contribution in [0.25, 0.3) is 0 Å². The van der Waals surface area contributed by atoms with E-state index in [9.17, 15) is 19.2 Å². The molecule has 2 heterocycles. The van der Waals surface area contributed by atoms with Gasteiger partial charge in [0, 0.05) is 28.2 Å². The van der Waals surface area contributed by atoms with Crippen molar-refractivity contribution in [2.75, 3.05) is 7.11 Å². The highest BCUT2D eigenvalue weighted by Crippen LogP contribution is 2.68. The molecular weight excluding hydrogens is 512 g/mol. The molecule has 0 radical (unpaired) electrons. The predicted molar refractivity (Wildman–Crippen MR) is 144 cm³/mol. The van der Waals surface area contributed by atoms with Crippen LogP contribution < -0.4 is 0 Å².